The summed E-state index contributed by atoms with van der Waals surface area (Å²) in [5, 5.41) is 0.206. The van der Waals surface area contributed by atoms with Crippen LogP contribution >= 0.6 is 22.9 Å². The van der Waals surface area contributed by atoms with Crippen molar-refractivity contribution in [1.29, 1.82) is 0 Å². The molecule has 41 heavy (non-hydrogen) atoms. The maximum Gasteiger partial charge on any atom is 0.344 e. The lowest BCUT2D eigenvalue weighted by Gasteiger charge is -2.24. The second-order valence-electron chi connectivity index (χ2n) is 9.07. The molecule has 3 aromatic rings. The molecule has 216 valence electrons. The molecule has 0 aliphatic carbocycles. The highest BCUT2D eigenvalue weighted by Crippen LogP contribution is 2.37. The summed E-state index contributed by atoms with van der Waals surface area (Å²) < 4.78 is 23.5. The highest BCUT2D eigenvalue weighted by molar-refractivity contribution is 7.07. The third kappa shape index (κ3) is 6.55. The van der Waals surface area contributed by atoms with Crippen molar-refractivity contribution >= 4 is 41.0 Å². The molecule has 0 spiro atoms. The van der Waals surface area contributed by atoms with E-state index in [0.717, 1.165) is 11.1 Å². The van der Waals surface area contributed by atoms with Crippen LogP contribution in [0.25, 0.3) is 6.08 Å². The van der Waals surface area contributed by atoms with Crippen molar-refractivity contribution in [2.75, 3.05) is 26.4 Å². The minimum atomic E-state index is -0.700. The molecule has 9 nitrogen and oxygen atoms in total. The molecule has 11 heteroatoms. The molecule has 2 aromatic carbocycles. The van der Waals surface area contributed by atoms with Crippen molar-refractivity contribution in [2.24, 2.45) is 4.99 Å². The Bertz CT molecular complexity index is 1670. The molecular formula is C30H31ClN2O7S. The predicted molar refractivity (Wildman–Crippen MR) is 156 cm³/mol. The second kappa shape index (κ2) is 13.2. The van der Waals surface area contributed by atoms with Crippen LogP contribution in [0.15, 0.2) is 57.5 Å². The van der Waals surface area contributed by atoms with Crippen molar-refractivity contribution in [1.82, 2.24) is 4.57 Å². The van der Waals surface area contributed by atoms with Gasteiger partial charge in [0.2, 0.25) is 0 Å². The summed E-state index contributed by atoms with van der Waals surface area (Å²) in [6.07, 6.45) is 1.68. The topological polar surface area (TPSA) is 105 Å². The lowest BCUT2D eigenvalue weighted by atomic mass is 9.95. The zero-order chi connectivity index (χ0) is 29.7. The van der Waals surface area contributed by atoms with Gasteiger partial charge in [0, 0.05) is 0 Å². The van der Waals surface area contributed by atoms with Gasteiger partial charge in [0.05, 0.1) is 46.7 Å². The molecule has 4 rings (SSSR count). The van der Waals surface area contributed by atoms with Gasteiger partial charge in [0.1, 0.15) is 0 Å². The summed E-state index contributed by atoms with van der Waals surface area (Å²) in [4.78, 5) is 43.8. The number of thiazole rings is 1. The van der Waals surface area contributed by atoms with Gasteiger partial charge in [-0.1, -0.05) is 52.8 Å². The van der Waals surface area contributed by atoms with Gasteiger partial charge >= 0.3 is 11.9 Å². The predicted octanol–water partition coefficient (Wildman–Crippen LogP) is 4.10. The average molecular weight is 599 g/mol. The van der Waals surface area contributed by atoms with Crippen molar-refractivity contribution < 1.29 is 28.5 Å². The van der Waals surface area contributed by atoms with E-state index in [-0.39, 0.29) is 36.2 Å². The summed E-state index contributed by atoms with van der Waals surface area (Å²) in [7, 11) is 0. The lowest BCUT2D eigenvalue weighted by molar-refractivity contribution is -0.145. The van der Waals surface area contributed by atoms with Gasteiger partial charge in [0.15, 0.2) is 22.9 Å². The highest BCUT2D eigenvalue weighted by Gasteiger charge is 2.33. The SMILES string of the molecule is CCOC(=O)COc1c(Cl)cc(/C=c2/sc3n(c2=O)[C@@H](c2ccc(C)cc2)C(C(=O)OCC)=C(C)N=3)cc1OCC. The fourth-order valence-corrected chi connectivity index (χ4v) is 5.74. The van der Waals surface area contributed by atoms with Crippen LogP contribution < -0.4 is 24.4 Å². The van der Waals surface area contributed by atoms with Gasteiger partial charge in [-0.05, 0) is 64.0 Å². The third-order valence-corrected chi connectivity index (χ3v) is 7.44. The highest BCUT2D eigenvalue weighted by atomic mass is 35.5. The molecular weight excluding hydrogens is 568 g/mol. The van der Waals surface area contributed by atoms with E-state index in [9.17, 15) is 14.4 Å². The molecule has 0 N–H and O–H groups in total. The van der Waals surface area contributed by atoms with Gasteiger partial charge < -0.3 is 18.9 Å². The Morgan fingerprint density at radius 3 is 2.39 bits per heavy atom. The van der Waals surface area contributed by atoms with Crippen molar-refractivity contribution in [3.8, 4) is 11.5 Å². The van der Waals surface area contributed by atoms with Crippen LogP contribution in [0.3, 0.4) is 0 Å². The summed E-state index contributed by atoms with van der Waals surface area (Å²) in [6, 6.07) is 10.3. The van der Waals surface area contributed by atoms with Crippen LogP contribution in [-0.4, -0.2) is 42.9 Å². The molecule has 1 aliphatic rings. The van der Waals surface area contributed by atoms with E-state index < -0.39 is 18.0 Å². The smallest absolute Gasteiger partial charge is 0.344 e. The summed E-state index contributed by atoms with van der Waals surface area (Å²) in [5.74, 6) is -0.521. The van der Waals surface area contributed by atoms with Crippen molar-refractivity contribution in [3.05, 3.63) is 89.1 Å². The third-order valence-electron chi connectivity index (χ3n) is 6.18. The monoisotopic (exact) mass is 598 g/mol. The first-order valence-electron chi connectivity index (χ1n) is 13.2. The first-order valence-corrected chi connectivity index (χ1v) is 14.4. The number of hydrogen-bond acceptors (Lipinski definition) is 9. The Kier molecular flexibility index (Phi) is 9.67. The van der Waals surface area contributed by atoms with Crippen molar-refractivity contribution in [3.63, 3.8) is 0 Å². The van der Waals surface area contributed by atoms with Crippen LogP contribution in [0.2, 0.25) is 5.02 Å². The molecule has 0 saturated heterocycles. The molecule has 1 atom stereocenters. The number of carbonyl (C=O) groups excluding carboxylic acids is 2. The number of halogens is 1. The first-order chi connectivity index (χ1) is 19.7. The summed E-state index contributed by atoms with van der Waals surface area (Å²) in [6.45, 7) is 9.39. The normalized spacial score (nSPS) is 14.8. The number of esters is 2. The van der Waals surface area contributed by atoms with Crippen LogP contribution in [0.5, 0.6) is 11.5 Å². The van der Waals surface area contributed by atoms with E-state index in [2.05, 4.69) is 4.99 Å². The van der Waals surface area contributed by atoms with Crippen LogP contribution in [0.1, 0.15) is 50.4 Å². The molecule has 0 radical (unpaired) electrons. The molecule has 2 heterocycles. The maximum atomic E-state index is 13.9. The number of rotatable bonds is 10. The Morgan fingerprint density at radius 1 is 1.02 bits per heavy atom. The molecule has 1 aliphatic heterocycles. The van der Waals surface area contributed by atoms with E-state index >= 15 is 0 Å². The zero-order valence-electron chi connectivity index (χ0n) is 23.5. The molecule has 0 unspecified atom stereocenters. The first kappa shape index (κ1) is 30.1. The Morgan fingerprint density at radius 2 is 1.73 bits per heavy atom. The van der Waals surface area contributed by atoms with Gasteiger partial charge in [0.25, 0.3) is 5.56 Å². The Labute approximate surface area is 246 Å². The molecule has 1 aromatic heterocycles. The number of benzene rings is 2. The number of allylic oxidation sites excluding steroid dienone is 1. The average Bonchev–Trinajstić information content (AvgIpc) is 3.22. The Hall–Kier alpha value is -3.89. The van der Waals surface area contributed by atoms with Gasteiger partial charge in [-0.25, -0.2) is 14.6 Å². The van der Waals surface area contributed by atoms with Gasteiger partial charge in [-0.3, -0.25) is 9.36 Å². The number of carbonyl (C=O) groups is 2. The van der Waals surface area contributed by atoms with E-state index in [0.29, 0.717) is 38.5 Å². The lowest BCUT2D eigenvalue weighted by Crippen LogP contribution is -2.39. The summed E-state index contributed by atoms with van der Waals surface area (Å²) in [5.41, 5.74) is 2.90. The quantitative estimate of drug-likeness (QED) is 0.324. The van der Waals surface area contributed by atoms with Gasteiger partial charge in [-0.15, -0.1) is 0 Å². The van der Waals surface area contributed by atoms with Gasteiger partial charge in [-0.2, -0.15) is 0 Å². The minimum absolute atomic E-state index is 0.197. The maximum absolute atomic E-state index is 13.9. The Balaban J connectivity index is 1.83. The van der Waals surface area contributed by atoms with E-state index in [4.69, 9.17) is 30.5 Å². The van der Waals surface area contributed by atoms with Crippen LogP contribution in [0, 0.1) is 6.92 Å². The molecule has 0 fully saturated rings. The fraction of sp³-hybridized carbons (Fsp3) is 0.333. The fourth-order valence-electron chi connectivity index (χ4n) is 4.42. The van der Waals surface area contributed by atoms with Crippen molar-refractivity contribution in [2.45, 2.75) is 40.7 Å². The van der Waals surface area contributed by atoms with Crippen LogP contribution in [0.4, 0.5) is 0 Å². The molecule has 0 amide bonds. The number of ether oxygens (including phenoxy) is 4. The zero-order valence-corrected chi connectivity index (χ0v) is 25.1. The minimum Gasteiger partial charge on any atom is -0.490 e. The number of hydrogen-bond donors (Lipinski definition) is 0. The molecule has 0 saturated carbocycles. The number of aromatic nitrogens is 1. The standard InChI is InChI=1S/C30H31ClN2O7S/c1-6-37-22-14-19(13-21(31)27(22)40-16-24(34)38-7-2)15-23-28(35)33-26(20-11-9-17(4)10-12-20)25(29(36)39-8-3)18(5)32-30(33)41-23/h9-15,26H,6-8,16H2,1-5H3/b23-15+/t26-/m0/s1. The second-order valence-corrected chi connectivity index (χ2v) is 10.5. The van der Waals surface area contributed by atoms with E-state index in [1.54, 1.807) is 39.0 Å². The number of nitrogens with zero attached hydrogens (tertiary/aromatic N) is 2. The number of fused-ring (bicyclic) bond motifs is 1. The number of aryl methyl sites for hydroxylation is 1. The van der Waals surface area contributed by atoms with E-state index in [1.807, 2.05) is 38.1 Å². The largest absolute Gasteiger partial charge is 0.490 e. The van der Waals surface area contributed by atoms with E-state index in [1.165, 1.54) is 15.9 Å². The summed E-state index contributed by atoms with van der Waals surface area (Å²) >= 11 is 7.73. The molecule has 0 bridgehead atoms. The van der Waals surface area contributed by atoms with Crippen LogP contribution in [-0.2, 0) is 19.1 Å².